The third-order valence-corrected chi connectivity index (χ3v) is 6.95. The summed E-state index contributed by atoms with van der Waals surface area (Å²) in [7, 11) is -3.70. The molecule has 156 valence electrons. The Morgan fingerprint density at radius 2 is 1.48 bits per heavy atom. The van der Waals surface area contributed by atoms with E-state index in [1.165, 1.54) is 0 Å². The number of thioether (sulfide) groups is 1. The van der Waals surface area contributed by atoms with Gasteiger partial charge in [-0.1, -0.05) is 36.4 Å². The number of fused-ring (bicyclic) bond motifs is 1. The quantitative estimate of drug-likeness (QED) is 0.376. The Bertz CT molecular complexity index is 1330. The summed E-state index contributed by atoms with van der Waals surface area (Å²) in [5.41, 5.74) is 1.54. The van der Waals surface area contributed by atoms with Crippen molar-refractivity contribution in [2.45, 2.75) is 9.79 Å². The largest absolute Gasteiger partial charge is 0.321 e. The second-order valence-electron chi connectivity index (χ2n) is 6.84. The molecule has 0 atom stereocenters. The minimum Gasteiger partial charge on any atom is -0.321 e. The molecule has 4 rings (SSSR count). The number of carbonyl (C=O) groups is 1. The zero-order chi connectivity index (χ0) is 21.8. The Morgan fingerprint density at radius 3 is 2.19 bits per heavy atom. The van der Waals surface area contributed by atoms with Crippen LogP contribution in [0.15, 0.2) is 101 Å². The molecular weight excluding hydrogens is 428 g/mol. The van der Waals surface area contributed by atoms with Crippen LogP contribution in [-0.2, 0) is 10.0 Å². The first kappa shape index (κ1) is 21.0. The van der Waals surface area contributed by atoms with Crippen molar-refractivity contribution in [1.82, 2.24) is 0 Å². The number of hydrogen-bond donors (Lipinski definition) is 2. The van der Waals surface area contributed by atoms with Gasteiger partial charge >= 0.3 is 0 Å². The van der Waals surface area contributed by atoms with E-state index in [1.54, 1.807) is 60.3 Å². The van der Waals surface area contributed by atoms with Crippen molar-refractivity contribution in [3.8, 4) is 0 Å². The van der Waals surface area contributed by atoms with E-state index >= 15 is 0 Å². The van der Waals surface area contributed by atoms with Crippen LogP contribution in [0.5, 0.6) is 0 Å². The van der Waals surface area contributed by atoms with E-state index in [-0.39, 0.29) is 10.8 Å². The van der Waals surface area contributed by atoms with Crippen LogP contribution in [0.2, 0.25) is 0 Å². The van der Waals surface area contributed by atoms with Gasteiger partial charge in [0.25, 0.3) is 15.9 Å². The monoisotopic (exact) mass is 448 g/mol. The van der Waals surface area contributed by atoms with Crippen molar-refractivity contribution in [1.29, 1.82) is 0 Å². The Hall–Kier alpha value is -3.29. The average molecular weight is 449 g/mol. The third-order valence-electron chi connectivity index (χ3n) is 4.81. The first-order valence-corrected chi connectivity index (χ1v) is 12.2. The molecule has 0 unspecified atom stereocenters. The van der Waals surface area contributed by atoms with E-state index in [4.69, 9.17) is 0 Å². The lowest BCUT2D eigenvalue weighted by Crippen LogP contribution is -2.14. The summed E-state index contributed by atoms with van der Waals surface area (Å²) in [6.07, 6.45) is 1.93. The topological polar surface area (TPSA) is 75.3 Å². The Kier molecular flexibility index (Phi) is 5.97. The van der Waals surface area contributed by atoms with Crippen molar-refractivity contribution in [3.63, 3.8) is 0 Å². The fourth-order valence-corrected chi connectivity index (χ4v) is 4.65. The van der Waals surface area contributed by atoms with E-state index in [2.05, 4.69) is 10.0 Å². The first-order valence-electron chi connectivity index (χ1n) is 9.52. The maximum absolute atomic E-state index is 12.7. The van der Waals surface area contributed by atoms with Crippen LogP contribution in [0.4, 0.5) is 11.4 Å². The minimum absolute atomic E-state index is 0.183. The molecule has 0 aromatic heterocycles. The molecule has 2 N–H and O–H groups in total. The maximum atomic E-state index is 12.7. The van der Waals surface area contributed by atoms with E-state index in [0.29, 0.717) is 11.3 Å². The lowest BCUT2D eigenvalue weighted by atomic mass is 10.1. The van der Waals surface area contributed by atoms with Crippen LogP contribution >= 0.6 is 11.8 Å². The number of nitrogens with one attached hydrogen (secondary N) is 2. The standard InChI is InChI=1S/C24H20N2O3S2/c1-30-20-13-15-21(16-14-20)31(28,29)26-19-11-9-18(10-12-19)24(27)25-23-8-4-6-17-5-2-3-7-22(17)23/h2-16,26H,1H3,(H,25,27). The van der Waals surface area contributed by atoms with Crippen LogP contribution in [0.25, 0.3) is 10.8 Å². The Labute approximate surface area is 185 Å². The van der Waals surface area contributed by atoms with Gasteiger partial charge in [0.2, 0.25) is 0 Å². The summed E-state index contributed by atoms with van der Waals surface area (Å²) in [5.74, 6) is -0.265. The fourth-order valence-electron chi connectivity index (χ4n) is 3.19. The fraction of sp³-hybridized carbons (Fsp3) is 0.0417. The van der Waals surface area contributed by atoms with E-state index < -0.39 is 10.0 Å². The lowest BCUT2D eigenvalue weighted by molar-refractivity contribution is 0.102. The third kappa shape index (κ3) is 4.73. The second kappa shape index (κ2) is 8.83. The van der Waals surface area contributed by atoms with Gasteiger partial charge in [0.05, 0.1) is 4.90 Å². The summed E-state index contributed by atoms with van der Waals surface area (Å²) in [4.78, 5) is 13.9. The molecule has 31 heavy (non-hydrogen) atoms. The summed E-state index contributed by atoms with van der Waals surface area (Å²) in [5, 5.41) is 4.92. The van der Waals surface area contributed by atoms with Gasteiger partial charge < -0.3 is 5.32 Å². The zero-order valence-electron chi connectivity index (χ0n) is 16.7. The number of carbonyl (C=O) groups excluding carboxylic acids is 1. The van der Waals surface area contributed by atoms with Crippen molar-refractivity contribution in [2.24, 2.45) is 0 Å². The van der Waals surface area contributed by atoms with E-state index in [9.17, 15) is 13.2 Å². The lowest BCUT2D eigenvalue weighted by Gasteiger charge is -2.11. The molecule has 0 aliphatic heterocycles. The molecule has 5 nitrogen and oxygen atoms in total. The predicted molar refractivity (Wildman–Crippen MR) is 127 cm³/mol. The molecule has 0 bridgehead atoms. The number of rotatable bonds is 6. The van der Waals surface area contributed by atoms with Crippen molar-refractivity contribution in [2.75, 3.05) is 16.3 Å². The SMILES string of the molecule is CSc1ccc(S(=O)(=O)Nc2ccc(C(=O)Nc3cccc4ccccc34)cc2)cc1. The van der Waals surface area contributed by atoms with Gasteiger partial charge in [0.1, 0.15) is 0 Å². The first-order chi connectivity index (χ1) is 15.0. The molecule has 0 radical (unpaired) electrons. The van der Waals surface area contributed by atoms with Gasteiger partial charge in [-0.2, -0.15) is 0 Å². The normalized spacial score (nSPS) is 11.3. The molecule has 1 amide bonds. The van der Waals surface area contributed by atoms with Gasteiger partial charge in [-0.3, -0.25) is 9.52 Å². The average Bonchev–Trinajstić information content (AvgIpc) is 2.79. The molecule has 0 fully saturated rings. The van der Waals surface area contributed by atoms with Crippen LogP contribution in [0, 0.1) is 0 Å². The number of amides is 1. The second-order valence-corrected chi connectivity index (χ2v) is 9.40. The highest BCUT2D eigenvalue weighted by molar-refractivity contribution is 7.98. The van der Waals surface area contributed by atoms with Gasteiger partial charge in [0, 0.05) is 27.2 Å². The predicted octanol–water partition coefficient (Wildman–Crippen LogP) is 5.61. The maximum Gasteiger partial charge on any atom is 0.261 e. The molecule has 0 spiro atoms. The molecule has 0 saturated carbocycles. The van der Waals surface area contributed by atoms with Crippen LogP contribution in [-0.4, -0.2) is 20.6 Å². The molecule has 7 heteroatoms. The van der Waals surface area contributed by atoms with E-state index in [1.807, 2.05) is 48.7 Å². The van der Waals surface area contributed by atoms with Gasteiger partial charge in [-0.15, -0.1) is 11.8 Å². The van der Waals surface area contributed by atoms with Gasteiger partial charge in [-0.25, -0.2) is 8.42 Å². The van der Waals surface area contributed by atoms with Crippen molar-refractivity contribution >= 4 is 49.8 Å². The van der Waals surface area contributed by atoms with Crippen LogP contribution < -0.4 is 10.0 Å². The highest BCUT2D eigenvalue weighted by Crippen LogP contribution is 2.24. The van der Waals surface area contributed by atoms with Crippen LogP contribution in [0.3, 0.4) is 0 Å². The summed E-state index contributed by atoms with van der Waals surface area (Å²) < 4.78 is 27.7. The Balaban J connectivity index is 1.49. The Morgan fingerprint density at radius 1 is 0.806 bits per heavy atom. The molecule has 0 saturated heterocycles. The van der Waals surface area contributed by atoms with Gasteiger partial charge in [-0.05, 0) is 66.2 Å². The minimum atomic E-state index is -3.70. The number of benzene rings is 4. The molecular formula is C24H20N2O3S2. The van der Waals surface area contributed by atoms with Gasteiger partial charge in [0.15, 0.2) is 0 Å². The number of anilines is 2. The van der Waals surface area contributed by atoms with E-state index in [0.717, 1.165) is 21.4 Å². The van der Waals surface area contributed by atoms with Crippen molar-refractivity contribution in [3.05, 3.63) is 96.6 Å². The summed E-state index contributed by atoms with van der Waals surface area (Å²) in [6.45, 7) is 0. The molecule has 0 aliphatic rings. The van der Waals surface area contributed by atoms with Crippen LogP contribution in [0.1, 0.15) is 10.4 Å². The van der Waals surface area contributed by atoms with Crippen molar-refractivity contribution < 1.29 is 13.2 Å². The highest BCUT2D eigenvalue weighted by atomic mass is 32.2. The summed E-state index contributed by atoms with van der Waals surface area (Å²) >= 11 is 1.54. The smallest absolute Gasteiger partial charge is 0.261 e. The summed E-state index contributed by atoms with van der Waals surface area (Å²) in [6, 6.07) is 26.5. The molecule has 0 aliphatic carbocycles. The molecule has 0 heterocycles. The molecule has 4 aromatic rings. The number of hydrogen-bond acceptors (Lipinski definition) is 4. The zero-order valence-corrected chi connectivity index (χ0v) is 18.3. The highest BCUT2D eigenvalue weighted by Gasteiger charge is 2.15. The molecule has 4 aromatic carbocycles. The number of sulfonamides is 1.